The number of aromatic amines is 1. The number of fused-ring (bicyclic) bond motifs is 1. The van der Waals surface area contributed by atoms with Crippen LogP contribution in [0.15, 0.2) is 59.1 Å². The molecule has 0 bridgehead atoms. The molecule has 0 spiro atoms. The van der Waals surface area contributed by atoms with Crippen molar-refractivity contribution in [1.82, 2.24) is 24.2 Å². The standard InChI is InChI=1S/C26H32N6O3S2/c1-5-32(13-12-31(4)18(2)3)37(34,35)20-9-6-8-19(14-20)15-24(33)30-26-29-23(17-36-26)22-16-28-25-21(22)10-7-11-27-25/h6-11,14,16-18H,5,12-13,15H2,1-4H3,(H,27,28)(H,29,30,33). The summed E-state index contributed by atoms with van der Waals surface area (Å²) >= 11 is 1.34. The summed E-state index contributed by atoms with van der Waals surface area (Å²) in [7, 11) is -1.69. The van der Waals surface area contributed by atoms with Crippen molar-refractivity contribution in [2.45, 2.75) is 38.1 Å². The van der Waals surface area contributed by atoms with E-state index in [1.807, 2.05) is 37.7 Å². The lowest BCUT2D eigenvalue weighted by Crippen LogP contribution is -2.39. The Kier molecular flexibility index (Phi) is 8.38. The number of nitrogens with zero attached hydrogens (tertiary/aromatic N) is 4. The summed E-state index contributed by atoms with van der Waals surface area (Å²) < 4.78 is 28.0. The SMILES string of the molecule is CCN(CCN(C)C(C)C)S(=O)(=O)c1cccc(CC(=O)Nc2nc(-c3c[nH]c4ncccc34)cs2)c1. The van der Waals surface area contributed by atoms with Gasteiger partial charge in [-0.15, -0.1) is 11.3 Å². The molecule has 2 N–H and O–H groups in total. The number of thiazole rings is 1. The summed E-state index contributed by atoms with van der Waals surface area (Å²) in [6, 6.07) is 10.8. The van der Waals surface area contributed by atoms with Crippen LogP contribution < -0.4 is 5.32 Å². The van der Waals surface area contributed by atoms with Crippen LogP contribution in [0.4, 0.5) is 5.13 Å². The van der Waals surface area contributed by atoms with E-state index in [4.69, 9.17) is 0 Å². The summed E-state index contributed by atoms with van der Waals surface area (Å²) in [4.78, 5) is 27.0. The van der Waals surface area contributed by atoms with Crippen molar-refractivity contribution in [1.29, 1.82) is 0 Å². The Hall–Kier alpha value is -3.12. The Labute approximate surface area is 221 Å². The number of nitrogens with one attached hydrogen (secondary N) is 2. The second kappa shape index (κ2) is 11.5. The van der Waals surface area contributed by atoms with E-state index >= 15 is 0 Å². The minimum atomic E-state index is -3.67. The fourth-order valence-corrected chi connectivity index (χ4v) is 6.15. The second-order valence-electron chi connectivity index (χ2n) is 9.08. The lowest BCUT2D eigenvalue weighted by molar-refractivity contribution is -0.115. The number of rotatable bonds is 11. The zero-order chi connectivity index (χ0) is 26.6. The number of amides is 1. The van der Waals surface area contributed by atoms with Crippen LogP contribution in [0, 0.1) is 0 Å². The van der Waals surface area contributed by atoms with Crippen molar-refractivity contribution in [2.24, 2.45) is 0 Å². The lowest BCUT2D eigenvalue weighted by Gasteiger charge is -2.26. The van der Waals surface area contributed by atoms with Crippen molar-refractivity contribution in [3.8, 4) is 11.3 Å². The molecule has 3 aromatic heterocycles. The van der Waals surface area contributed by atoms with Gasteiger partial charge in [-0.2, -0.15) is 4.31 Å². The van der Waals surface area contributed by atoms with Crippen molar-refractivity contribution >= 4 is 43.4 Å². The van der Waals surface area contributed by atoms with Crippen LogP contribution in [0.5, 0.6) is 0 Å². The highest BCUT2D eigenvalue weighted by atomic mass is 32.2. The number of benzene rings is 1. The highest BCUT2D eigenvalue weighted by Crippen LogP contribution is 2.30. The third-order valence-corrected chi connectivity index (χ3v) is 9.04. The van der Waals surface area contributed by atoms with Crippen LogP contribution in [0.25, 0.3) is 22.3 Å². The van der Waals surface area contributed by atoms with E-state index in [1.54, 1.807) is 30.5 Å². The second-order valence-corrected chi connectivity index (χ2v) is 11.9. The first kappa shape index (κ1) is 26.9. The van der Waals surface area contributed by atoms with E-state index < -0.39 is 10.0 Å². The zero-order valence-corrected chi connectivity index (χ0v) is 23.1. The normalized spacial score (nSPS) is 12.2. The number of H-pyrrole nitrogens is 1. The van der Waals surface area contributed by atoms with Gasteiger partial charge < -0.3 is 15.2 Å². The van der Waals surface area contributed by atoms with E-state index in [0.717, 1.165) is 22.3 Å². The molecule has 4 rings (SSSR count). The van der Waals surface area contributed by atoms with Crippen molar-refractivity contribution in [3.63, 3.8) is 0 Å². The van der Waals surface area contributed by atoms with Gasteiger partial charge in [-0.3, -0.25) is 4.79 Å². The third-order valence-electron chi connectivity index (χ3n) is 6.31. The number of carbonyl (C=O) groups is 1. The summed E-state index contributed by atoms with van der Waals surface area (Å²) in [5.41, 5.74) is 3.06. The average molecular weight is 541 g/mol. The smallest absolute Gasteiger partial charge is 0.243 e. The number of sulfonamides is 1. The predicted molar refractivity (Wildman–Crippen MR) is 148 cm³/mol. The van der Waals surface area contributed by atoms with Crippen LogP contribution in [-0.2, 0) is 21.2 Å². The number of likely N-dealkylation sites (N-methyl/N-ethyl adjacent to an activating group) is 2. The molecule has 0 aliphatic carbocycles. The van der Waals surface area contributed by atoms with Crippen LogP contribution in [0.2, 0.25) is 0 Å². The Bertz CT molecular complexity index is 1480. The van der Waals surface area contributed by atoms with E-state index in [1.165, 1.54) is 15.6 Å². The van der Waals surface area contributed by atoms with Gasteiger partial charge in [0, 0.05) is 54.4 Å². The fourth-order valence-electron chi connectivity index (χ4n) is 3.91. The van der Waals surface area contributed by atoms with Crippen molar-refractivity contribution in [3.05, 3.63) is 59.7 Å². The maximum absolute atomic E-state index is 13.3. The zero-order valence-electron chi connectivity index (χ0n) is 21.4. The highest BCUT2D eigenvalue weighted by Gasteiger charge is 2.24. The number of pyridine rings is 1. The summed E-state index contributed by atoms with van der Waals surface area (Å²) in [6.07, 6.45) is 3.61. The van der Waals surface area contributed by atoms with Gasteiger partial charge in [-0.25, -0.2) is 18.4 Å². The van der Waals surface area contributed by atoms with Crippen LogP contribution >= 0.6 is 11.3 Å². The number of aromatic nitrogens is 3. The van der Waals surface area contributed by atoms with Gasteiger partial charge in [0.25, 0.3) is 0 Å². The summed E-state index contributed by atoms with van der Waals surface area (Å²) in [5, 5.41) is 6.16. The first-order valence-electron chi connectivity index (χ1n) is 12.2. The maximum Gasteiger partial charge on any atom is 0.243 e. The van der Waals surface area contributed by atoms with Gasteiger partial charge in [0.1, 0.15) is 5.65 Å². The van der Waals surface area contributed by atoms with Crippen LogP contribution in [0.3, 0.4) is 0 Å². The first-order valence-corrected chi connectivity index (χ1v) is 14.5. The Morgan fingerprint density at radius 3 is 2.76 bits per heavy atom. The fraction of sp³-hybridized carbons (Fsp3) is 0.346. The molecular formula is C26H32N6O3S2. The molecule has 0 saturated carbocycles. The Balaban J connectivity index is 1.42. The number of carbonyl (C=O) groups excluding carboxylic acids is 1. The van der Waals surface area contributed by atoms with Gasteiger partial charge in [0.2, 0.25) is 15.9 Å². The molecule has 37 heavy (non-hydrogen) atoms. The molecule has 0 saturated heterocycles. The first-order chi connectivity index (χ1) is 17.7. The van der Waals surface area contributed by atoms with E-state index in [2.05, 4.69) is 39.0 Å². The lowest BCUT2D eigenvalue weighted by atomic mass is 10.1. The third kappa shape index (κ3) is 6.24. The number of hydrogen-bond donors (Lipinski definition) is 2. The van der Waals surface area contributed by atoms with Gasteiger partial charge in [-0.05, 0) is 50.7 Å². The summed E-state index contributed by atoms with van der Waals surface area (Å²) in [6.45, 7) is 7.39. The summed E-state index contributed by atoms with van der Waals surface area (Å²) in [5.74, 6) is -0.262. The van der Waals surface area contributed by atoms with E-state index in [9.17, 15) is 13.2 Å². The number of hydrogen-bond acceptors (Lipinski definition) is 7. The minimum absolute atomic E-state index is 0.0392. The Morgan fingerprint density at radius 1 is 1.19 bits per heavy atom. The quantitative estimate of drug-likeness (QED) is 0.295. The average Bonchev–Trinajstić information content (AvgIpc) is 3.51. The molecular weight excluding hydrogens is 508 g/mol. The molecule has 196 valence electrons. The molecule has 0 fully saturated rings. The monoisotopic (exact) mass is 540 g/mol. The molecule has 0 radical (unpaired) electrons. The molecule has 0 aliphatic rings. The van der Waals surface area contributed by atoms with Crippen molar-refractivity contribution in [2.75, 3.05) is 32.0 Å². The van der Waals surface area contributed by atoms with Crippen LogP contribution in [0.1, 0.15) is 26.3 Å². The van der Waals surface area contributed by atoms with Gasteiger partial charge in [0.15, 0.2) is 5.13 Å². The highest BCUT2D eigenvalue weighted by molar-refractivity contribution is 7.89. The predicted octanol–water partition coefficient (Wildman–Crippen LogP) is 4.22. The topological polar surface area (TPSA) is 111 Å². The van der Waals surface area contributed by atoms with E-state index in [0.29, 0.717) is 36.4 Å². The van der Waals surface area contributed by atoms with Gasteiger partial charge in [0.05, 0.1) is 17.0 Å². The molecule has 0 atom stereocenters. The number of anilines is 1. The van der Waals surface area contributed by atoms with E-state index in [-0.39, 0.29) is 17.2 Å². The molecule has 1 amide bonds. The molecule has 11 heteroatoms. The molecule has 1 aromatic carbocycles. The molecule has 3 heterocycles. The largest absolute Gasteiger partial charge is 0.345 e. The van der Waals surface area contributed by atoms with Crippen molar-refractivity contribution < 1.29 is 13.2 Å². The van der Waals surface area contributed by atoms with Crippen LogP contribution in [-0.4, -0.2) is 71.2 Å². The maximum atomic E-state index is 13.3. The molecule has 0 aliphatic heterocycles. The minimum Gasteiger partial charge on any atom is -0.345 e. The molecule has 4 aromatic rings. The Morgan fingerprint density at radius 2 is 2.00 bits per heavy atom. The molecule has 0 unspecified atom stereocenters. The molecule has 9 nitrogen and oxygen atoms in total. The van der Waals surface area contributed by atoms with Gasteiger partial charge >= 0.3 is 0 Å². The van der Waals surface area contributed by atoms with Gasteiger partial charge in [-0.1, -0.05) is 19.1 Å².